The summed E-state index contributed by atoms with van der Waals surface area (Å²) in [4.78, 5) is 26.7. The van der Waals surface area contributed by atoms with E-state index in [1.165, 1.54) is 0 Å². The second kappa shape index (κ2) is 9.40. The van der Waals surface area contributed by atoms with E-state index in [0.29, 0.717) is 18.9 Å². The number of rotatable bonds is 5. The average molecular weight is 464 g/mol. The predicted octanol–water partition coefficient (Wildman–Crippen LogP) is 1.21. The highest BCUT2D eigenvalue weighted by atomic mass is 127. The third kappa shape index (κ3) is 4.95. The van der Waals surface area contributed by atoms with Crippen molar-refractivity contribution in [3.8, 4) is 0 Å². The van der Waals surface area contributed by atoms with Gasteiger partial charge in [-0.25, -0.2) is 4.98 Å². The van der Waals surface area contributed by atoms with Gasteiger partial charge >= 0.3 is 0 Å². The van der Waals surface area contributed by atoms with Gasteiger partial charge in [-0.2, -0.15) is 0 Å². The molecule has 2 aliphatic heterocycles. The zero-order chi connectivity index (χ0) is 16.1. The monoisotopic (exact) mass is 464 g/mol. The van der Waals surface area contributed by atoms with Crippen LogP contribution in [0.1, 0.15) is 19.3 Å². The van der Waals surface area contributed by atoms with E-state index in [-0.39, 0.29) is 29.9 Å². The van der Waals surface area contributed by atoms with Crippen molar-refractivity contribution in [1.29, 1.82) is 0 Å². The molecule has 0 atom stereocenters. The predicted molar refractivity (Wildman–Crippen MR) is 108 cm³/mol. The molecule has 3 heterocycles. The molecule has 1 aromatic rings. The first-order valence-corrected chi connectivity index (χ1v) is 9.09. The van der Waals surface area contributed by atoms with E-state index >= 15 is 0 Å². The summed E-state index contributed by atoms with van der Waals surface area (Å²) in [6.07, 6.45) is 4.42. The van der Waals surface area contributed by atoms with Crippen molar-refractivity contribution in [3.63, 3.8) is 0 Å². The molecule has 2 N–H and O–H groups in total. The fraction of sp³-hybridized carbons (Fsp3) is 0.667. The molecule has 7 nitrogen and oxygen atoms in total. The minimum Gasteiger partial charge on any atom is -0.370 e. The van der Waals surface area contributed by atoms with Crippen LogP contribution in [0.25, 0.3) is 0 Å². The molecule has 0 unspecified atom stereocenters. The first kappa shape index (κ1) is 19.2. The summed E-state index contributed by atoms with van der Waals surface area (Å²) >= 11 is 1.67. The molecule has 1 aromatic heterocycles. The summed E-state index contributed by atoms with van der Waals surface area (Å²) < 4.78 is 0. The molecule has 1 amide bonds. The number of carbonyl (C=O) groups is 1. The fourth-order valence-electron chi connectivity index (χ4n) is 2.99. The number of aliphatic imine (C=N–C) groups is 1. The normalized spacial score (nSPS) is 18.9. The van der Waals surface area contributed by atoms with Crippen LogP contribution in [0, 0.1) is 0 Å². The average Bonchev–Trinajstić information content (AvgIpc) is 3.23. The quantitative estimate of drug-likeness (QED) is 0.307. The molecule has 2 saturated heterocycles. The fourth-order valence-corrected chi connectivity index (χ4v) is 3.69. The Bertz CT molecular complexity index is 544. The molecule has 134 valence electrons. The van der Waals surface area contributed by atoms with Gasteiger partial charge in [-0.05, 0) is 12.8 Å². The zero-order valence-corrected chi connectivity index (χ0v) is 16.9. The largest absolute Gasteiger partial charge is 0.370 e. The highest BCUT2D eigenvalue weighted by Gasteiger charge is 2.20. The van der Waals surface area contributed by atoms with Gasteiger partial charge in [0.05, 0.1) is 0 Å². The van der Waals surface area contributed by atoms with Gasteiger partial charge in [-0.15, -0.1) is 35.3 Å². The number of amides is 1. The van der Waals surface area contributed by atoms with Crippen LogP contribution < -0.4 is 10.6 Å². The molecule has 0 radical (unpaired) electrons. The second-order valence-corrected chi connectivity index (χ2v) is 6.74. The van der Waals surface area contributed by atoms with Gasteiger partial charge in [0.25, 0.3) is 0 Å². The second-order valence-electron chi connectivity index (χ2n) is 5.87. The van der Waals surface area contributed by atoms with Crippen LogP contribution in [-0.4, -0.2) is 72.5 Å². The highest BCUT2D eigenvalue weighted by molar-refractivity contribution is 14.0. The SMILES string of the molecule is I.NC(=NCCCN1CCCC1=O)N1CCN(c2nccs2)CC1. The van der Waals surface area contributed by atoms with E-state index in [0.717, 1.165) is 57.2 Å². The number of halogens is 1. The zero-order valence-electron chi connectivity index (χ0n) is 13.8. The van der Waals surface area contributed by atoms with Crippen molar-refractivity contribution in [2.45, 2.75) is 19.3 Å². The van der Waals surface area contributed by atoms with Gasteiger partial charge in [0.2, 0.25) is 5.91 Å². The molecule has 24 heavy (non-hydrogen) atoms. The molecule has 2 fully saturated rings. The Morgan fingerprint density at radius 2 is 2.08 bits per heavy atom. The van der Waals surface area contributed by atoms with E-state index in [1.807, 2.05) is 16.5 Å². The molecular formula is C15H25IN6OS. The first-order valence-electron chi connectivity index (χ1n) is 8.21. The van der Waals surface area contributed by atoms with Gasteiger partial charge in [-0.3, -0.25) is 9.79 Å². The van der Waals surface area contributed by atoms with E-state index < -0.39 is 0 Å². The summed E-state index contributed by atoms with van der Waals surface area (Å²) in [5, 5.41) is 3.08. The lowest BCUT2D eigenvalue weighted by Gasteiger charge is -2.35. The number of likely N-dealkylation sites (tertiary alicyclic amines) is 1. The summed E-state index contributed by atoms with van der Waals surface area (Å²) in [5.74, 6) is 0.900. The number of piperazine rings is 1. The van der Waals surface area contributed by atoms with E-state index in [4.69, 9.17) is 5.73 Å². The lowest BCUT2D eigenvalue weighted by atomic mass is 10.3. The molecule has 9 heteroatoms. The van der Waals surface area contributed by atoms with Crippen molar-refractivity contribution in [2.75, 3.05) is 50.7 Å². The van der Waals surface area contributed by atoms with E-state index in [2.05, 4.69) is 19.8 Å². The Kier molecular flexibility index (Phi) is 7.53. The van der Waals surface area contributed by atoms with Gasteiger partial charge in [0, 0.05) is 63.8 Å². The topological polar surface area (TPSA) is 78.1 Å². The minimum absolute atomic E-state index is 0. The number of aromatic nitrogens is 1. The summed E-state index contributed by atoms with van der Waals surface area (Å²) in [7, 11) is 0. The Hall–Kier alpha value is -1.10. The number of carbonyl (C=O) groups excluding carboxylic acids is 1. The third-order valence-corrected chi connectivity index (χ3v) is 5.16. The highest BCUT2D eigenvalue weighted by Crippen LogP contribution is 2.18. The standard InChI is InChI=1S/C15H24N6OS.HI/c16-14(17-4-2-7-19-6-1-3-13(19)22)20-8-10-21(11-9-20)15-18-5-12-23-15;/h5,12H,1-4,6-11H2,(H2,16,17);1H. The number of hydrogen-bond acceptors (Lipinski definition) is 5. The van der Waals surface area contributed by atoms with Crippen LogP contribution in [-0.2, 0) is 4.79 Å². The molecular weight excluding hydrogens is 439 g/mol. The van der Waals surface area contributed by atoms with Gasteiger partial charge in [0.1, 0.15) is 0 Å². The van der Waals surface area contributed by atoms with Crippen LogP contribution in [0.4, 0.5) is 5.13 Å². The van der Waals surface area contributed by atoms with Gasteiger partial charge in [0.15, 0.2) is 11.1 Å². The van der Waals surface area contributed by atoms with Crippen LogP contribution in [0.5, 0.6) is 0 Å². The lowest BCUT2D eigenvalue weighted by molar-refractivity contribution is -0.127. The Balaban J connectivity index is 0.00000208. The Labute approximate surface area is 163 Å². The molecule has 0 spiro atoms. The number of thiazole rings is 1. The molecule has 0 aromatic carbocycles. The van der Waals surface area contributed by atoms with Crippen LogP contribution in [0.2, 0.25) is 0 Å². The Morgan fingerprint density at radius 1 is 1.29 bits per heavy atom. The van der Waals surface area contributed by atoms with Gasteiger partial charge < -0.3 is 20.4 Å². The van der Waals surface area contributed by atoms with Crippen LogP contribution in [0.3, 0.4) is 0 Å². The molecule has 0 saturated carbocycles. The van der Waals surface area contributed by atoms with Crippen molar-refractivity contribution in [2.24, 2.45) is 10.7 Å². The van der Waals surface area contributed by atoms with E-state index in [1.54, 1.807) is 11.3 Å². The molecule has 2 aliphatic rings. The maximum Gasteiger partial charge on any atom is 0.222 e. The lowest BCUT2D eigenvalue weighted by Crippen LogP contribution is -2.51. The number of nitrogens with two attached hydrogens (primary N) is 1. The first-order chi connectivity index (χ1) is 11.2. The molecule has 0 aliphatic carbocycles. The van der Waals surface area contributed by atoms with Crippen molar-refractivity contribution in [1.82, 2.24) is 14.8 Å². The number of anilines is 1. The number of nitrogens with zero attached hydrogens (tertiary/aromatic N) is 5. The summed E-state index contributed by atoms with van der Waals surface area (Å²) in [6.45, 7) is 5.98. The van der Waals surface area contributed by atoms with Gasteiger partial charge in [-0.1, -0.05) is 0 Å². The molecule has 0 bridgehead atoms. The third-order valence-electron chi connectivity index (χ3n) is 4.32. The summed E-state index contributed by atoms with van der Waals surface area (Å²) in [6, 6.07) is 0. The van der Waals surface area contributed by atoms with Crippen molar-refractivity contribution in [3.05, 3.63) is 11.6 Å². The van der Waals surface area contributed by atoms with Crippen LogP contribution >= 0.6 is 35.3 Å². The Morgan fingerprint density at radius 3 is 2.71 bits per heavy atom. The number of hydrogen-bond donors (Lipinski definition) is 1. The van der Waals surface area contributed by atoms with Crippen molar-refractivity contribution < 1.29 is 4.79 Å². The smallest absolute Gasteiger partial charge is 0.222 e. The maximum absolute atomic E-state index is 11.5. The number of guanidine groups is 1. The maximum atomic E-state index is 11.5. The van der Waals surface area contributed by atoms with Crippen molar-refractivity contribution >= 4 is 52.3 Å². The minimum atomic E-state index is 0. The molecule has 3 rings (SSSR count). The van der Waals surface area contributed by atoms with Crippen LogP contribution in [0.15, 0.2) is 16.6 Å². The summed E-state index contributed by atoms with van der Waals surface area (Å²) in [5.41, 5.74) is 6.10. The van der Waals surface area contributed by atoms with E-state index in [9.17, 15) is 4.79 Å².